The van der Waals surface area contributed by atoms with E-state index in [1.807, 2.05) is 0 Å². The summed E-state index contributed by atoms with van der Waals surface area (Å²) in [5, 5.41) is 13.0. The van der Waals surface area contributed by atoms with E-state index in [0.29, 0.717) is 5.13 Å². The van der Waals surface area contributed by atoms with Gasteiger partial charge in [-0.1, -0.05) is 11.3 Å². The minimum atomic E-state index is -0.431. The van der Waals surface area contributed by atoms with Crippen molar-refractivity contribution in [2.75, 3.05) is 5.32 Å². The quantitative estimate of drug-likeness (QED) is 0.868. The number of nitrogens with one attached hydrogen (secondary N) is 2. The molecule has 4 aliphatic rings. The Kier molecular flexibility index (Phi) is 3.57. The highest BCUT2D eigenvalue weighted by atomic mass is 32.1. The van der Waals surface area contributed by atoms with E-state index < -0.39 is 5.91 Å². The number of aromatic nitrogens is 3. The Balaban J connectivity index is 1.37. The van der Waals surface area contributed by atoms with Gasteiger partial charge in [0.25, 0.3) is 11.5 Å². The largest absolute Gasteiger partial charge is 0.326 e. The van der Waals surface area contributed by atoms with Crippen molar-refractivity contribution in [1.82, 2.24) is 15.2 Å². The van der Waals surface area contributed by atoms with E-state index in [0.717, 1.165) is 28.5 Å². The van der Waals surface area contributed by atoms with Gasteiger partial charge >= 0.3 is 0 Å². The van der Waals surface area contributed by atoms with Crippen molar-refractivity contribution < 1.29 is 4.79 Å². The topological polar surface area (TPSA) is 87.7 Å². The second kappa shape index (κ2) is 5.74. The van der Waals surface area contributed by atoms with Gasteiger partial charge in [0.2, 0.25) is 5.13 Å². The molecular weight excluding hydrogens is 348 g/mol. The number of pyridine rings is 1. The lowest BCUT2D eigenvalue weighted by Crippen LogP contribution is -2.48. The van der Waals surface area contributed by atoms with Crippen LogP contribution in [0.5, 0.6) is 0 Å². The van der Waals surface area contributed by atoms with E-state index >= 15 is 0 Å². The lowest BCUT2D eigenvalue weighted by molar-refractivity contribution is -0.00555. The Hall–Kier alpha value is -2.02. The molecule has 6 rings (SSSR count). The molecule has 0 saturated heterocycles. The lowest BCUT2D eigenvalue weighted by atomic mass is 9.50. The summed E-state index contributed by atoms with van der Waals surface area (Å²) in [6, 6.07) is 3.27. The van der Waals surface area contributed by atoms with Crippen LogP contribution in [-0.4, -0.2) is 21.1 Å². The Morgan fingerprint density at radius 2 is 1.81 bits per heavy atom. The van der Waals surface area contributed by atoms with Crippen LogP contribution in [0.15, 0.2) is 16.9 Å². The predicted octanol–water partition coefficient (Wildman–Crippen LogP) is 3.25. The number of anilines is 1. The number of rotatable bonds is 3. The van der Waals surface area contributed by atoms with Gasteiger partial charge in [-0.25, -0.2) is 0 Å². The van der Waals surface area contributed by atoms with Crippen LogP contribution < -0.4 is 10.9 Å². The van der Waals surface area contributed by atoms with E-state index in [2.05, 4.69) is 20.5 Å². The molecule has 4 saturated carbocycles. The van der Waals surface area contributed by atoms with Crippen molar-refractivity contribution in [2.45, 2.75) is 50.9 Å². The van der Waals surface area contributed by atoms with Crippen LogP contribution in [0.1, 0.15) is 59.6 Å². The molecule has 4 fully saturated rings. The fourth-order valence-electron chi connectivity index (χ4n) is 5.78. The van der Waals surface area contributed by atoms with Crippen molar-refractivity contribution >= 4 is 22.4 Å². The SMILES string of the molecule is Cc1ccc(C(=O)Nc2nnc(C34CC5CC(CC(C5)C3)C4)s2)c(=O)[nH]1. The molecule has 0 radical (unpaired) electrons. The summed E-state index contributed by atoms with van der Waals surface area (Å²) in [5.74, 6) is 2.09. The summed E-state index contributed by atoms with van der Waals surface area (Å²) >= 11 is 1.49. The third-order valence-electron chi connectivity index (χ3n) is 6.44. The molecule has 6 nitrogen and oxygen atoms in total. The van der Waals surface area contributed by atoms with Crippen molar-refractivity contribution in [3.05, 3.63) is 38.8 Å². The standard InChI is InChI=1S/C19H22N4O2S/c1-10-2-3-14(15(24)20-10)16(25)21-18-23-22-17(26-18)19-7-11-4-12(8-19)6-13(5-11)9-19/h2-3,11-13H,4-9H2,1H3,(H,20,24)(H,21,23,25). The summed E-state index contributed by atoms with van der Waals surface area (Å²) in [4.78, 5) is 27.0. The van der Waals surface area contributed by atoms with Crippen LogP contribution in [0.25, 0.3) is 0 Å². The first kappa shape index (κ1) is 16.2. The maximum Gasteiger partial charge on any atom is 0.263 e. The highest BCUT2D eigenvalue weighted by Crippen LogP contribution is 2.61. The molecule has 136 valence electrons. The van der Waals surface area contributed by atoms with Crippen LogP contribution in [0.2, 0.25) is 0 Å². The molecule has 26 heavy (non-hydrogen) atoms. The molecule has 0 atom stereocenters. The van der Waals surface area contributed by atoms with Gasteiger partial charge in [0.05, 0.1) is 0 Å². The van der Waals surface area contributed by atoms with Gasteiger partial charge in [-0.15, -0.1) is 10.2 Å². The summed E-state index contributed by atoms with van der Waals surface area (Å²) in [6.45, 7) is 1.78. The van der Waals surface area contributed by atoms with Crippen molar-refractivity contribution in [3.8, 4) is 0 Å². The minimum Gasteiger partial charge on any atom is -0.326 e. The fraction of sp³-hybridized carbons (Fsp3) is 0.579. The summed E-state index contributed by atoms with van der Waals surface area (Å²) in [6.07, 6.45) is 7.82. The molecule has 2 aromatic heterocycles. The number of carbonyl (C=O) groups excluding carboxylic acids is 1. The number of hydrogen-bond donors (Lipinski definition) is 2. The maximum absolute atomic E-state index is 12.4. The number of aryl methyl sites for hydroxylation is 1. The highest BCUT2D eigenvalue weighted by molar-refractivity contribution is 7.15. The van der Waals surface area contributed by atoms with Crippen molar-refractivity contribution in [1.29, 1.82) is 0 Å². The van der Waals surface area contributed by atoms with E-state index in [4.69, 9.17) is 0 Å². The summed E-state index contributed by atoms with van der Waals surface area (Å²) in [7, 11) is 0. The lowest BCUT2D eigenvalue weighted by Gasteiger charge is -2.55. The minimum absolute atomic E-state index is 0.0992. The van der Waals surface area contributed by atoms with Crippen LogP contribution in [0.4, 0.5) is 5.13 Å². The van der Waals surface area contributed by atoms with Gasteiger partial charge in [-0.3, -0.25) is 14.9 Å². The van der Waals surface area contributed by atoms with Gasteiger partial charge in [0, 0.05) is 11.1 Å². The monoisotopic (exact) mass is 370 g/mol. The first-order chi connectivity index (χ1) is 12.5. The van der Waals surface area contributed by atoms with E-state index in [1.165, 1.54) is 49.9 Å². The van der Waals surface area contributed by atoms with Crippen molar-refractivity contribution in [3.63, 3.8) is 0 Å². The molecule has 7 heteroatoms. The molecule has 4 aliphatic carbocycles. The molecule has 0 spiro atoms. The van der Waals surface area contributed by atoms with Gasteiger partial charge in [0.1, 0.15) is 10.6 Å². The Morgan fingerprint density at radius 1 is 1.15 bits per heavy atom. The van der Waals surface area contributed by atoms with Crippen LogP contribution in [0, 0.1) is 24.7 Å². The molecule has 0 aromatic carbocycles. The number of aromatic amines is 1. The Morgan fingerprint density at radius 3 is 2.42 bits per heavy atom. The smallest absolute Gasteiger partial charge is 0.263 e. The molecule has 0 aliphatic heterocycles. The first-order valence-electron chi connectivity index (χ1n) is 9.36. The van der Waals surface area contributed by atoms with Crippen molar-refractivity contribution in [2.24, 2.45) is 17.8 Å². The zero-order valence-electron chi connectivity index (χ0n) is 14.7. The van der Waals surface area contributed by atoms with E-state index in [-0.39, 0.29) is 16.5 Å². The van der Waals surface area contributed by atoms with Crippen LogP contribution >= 0.6 is 11.3 Å². The Bertz CT molecular complexity index is 896. The van der Waals surface area contributed by atoms with Gasteiger partial charge in [-0.2, -0.15) is 0 Å². The zero-order chi connectivity index (χ0) is 17.9. The van der Waals surface area contributed by atoms with Gasteiger partial charge < -0.3 is 4.98 Å². The zero-order valence-corrected chi connectivity index (χ0v) is 15.6. The highest BCUT2D eigenvalue weighted by Gasteiger charge is 2.53. The average Bonchev–Trinajstić information content (AvgIpc) is 3.02. The molecular formula is C19H22N4O2S. The molecule has 2 aromatic rings. The second-order valence-electron chi connectivity index (χ2n) is 8.45. The summed E-state index contributed by atoms with van der Waals surface area (Å²) in [5.41, 5.74) is 0.624. The average molecular weight is 370 g/mol. The molecule has 1 amide bonds. The second-order valence-corrected chi connectivity index (χ2v) is 9.43. The first-order valence-corrected chi connectivity index (χ1v) is 10.2. The van der Waals surface area contributed by atoms with E-state index in [1.54, 1.807) is 19.1 Å². The molecule has 2 heterocycles. The number of amides is 1. The van der Waals surface area contributed by atoms with Crippen LogP contribution in [-0.2, 0) is 5.41 Å². The maximum atomic E-state index is 12.4. The number of carbonyl (C=O) groups is 1. The number of nitrogens with zero attached hydrogens (tertiary/aromatic N) is 2. The molecule has 0 unspecified atom stereocenters. The molecule has 4 bridgehead atoms. The normalized spacial score (nSPS) is 32.0. The van der Waals surface area contributed by atoms with Gasteiger partial charge in [-0.05, 0) is 75.3 Å². The van der Waals surface area contributed by atoms with Crippen LogP contribution in [0.3, 0.4) is 0 Å². The fourth-order valence-corrected chi connectivity index (χ4v) is 6.73. The van der Waals surface area contributed by atoms with E-state index in [9.17, 15) is 9.59 Å². The Labute approximate surface area is 155 Å². The van der Waals surface area contributed by atoms with Gasteiger partial charge in [0.15, 0.2) is 0 Å². The predicted molar refractivity (Wildman–Crippen MR) is 99.5 cm³/mol. The summed E-state index contributed by atoms with van der Waals surface area (Å²) < 4.78 is 0. The molecule has 2 N–H and O–H groups in total. The number of H-pyrrole nitrogens is 1. The third kappa shape index (κ3) is 2.60. The number of hydrogen-bond acceptors (Lipinski definition) is 5. The third-order valence-corrected chi connectivity index (χ3v) is 7.52.